The Balaban J connectivity index is 1.35. The highest BCUT2D eigenvalue weighted by molar-refractivity contribution is 6.12. The summed E-state index contributed by atoms with van der Waals surface area (Å²) in [5, 5.41) is 9.85. The summed E-state index contributed by atoms with van der Waals surface area (Å²) in [5.74, 6) is 0.668. The SMILES string of the molecule is CCn1c(-c2ccc(-c3c(C)on(C)c3=O)cc2)c(C)c2nc(C)nc(C(=O)Nc3cccc(C(=O)Nc4ccn(C)n4)c3)c21. The lowest BCUT2D eigenvalue weighted by molar-refractivity contribution is 0.101. The van der Waals surface area contributed by atoms with Crippen molar-refractivity contribution < 1.29 is 14.1 Å². The Morgan fingerprint density at radius 3 is 2.29 bits per heavy atom. The first-order chi connectivity index (χ1) is 21.5. The van der Waals surface area contributed by atoms with Gasteiger partial charge < -0.3 is 19.7 Å². The number of aryl methyl sites for hydroxylation is 6. The molecule has 0 radical (unpaired) electrons. The Hall–Kier alpha value is -5.78. The van der Waals surface area contributed by atoms with Crippen molar-refractivity contribution in [2.24, 2.45) is 14.1 Å². The number of hydrogen-bond donors (Lipinski definition) is 2. The van der Waals surface area contributed by atoms with E-state index in [1.54, 1.807) is 69.2 Å². The molecular weight excluding hydrogens is 572 g/mol. The highest BCUT2D eigenvalue weighted by Gasteiger charge is 2.24. The number of amides is 2. The van der Waals surface area contributed by atoms with Crippen LogP contribution >= 0.6 is 0 Å². The van der Waals surface area contributed by atoms with Gasteiger partial charge in [-0.15, -0.1) is 0 Å². The van der Waals surface area contributed by atoms with E-state index in [2.05, 4.69) is 20.7 Å². The fourth-order valence-electron chi connectivity index (χ4n) is 5.68. The van der Waals surface area contributed by atoms with Crippen molar-refractivity contribution in [2.45, 2.75) is 34.2 Å². The van der Waals surface area contributed by atoms with Crippen LogP contribution in [0.4, 0.5) is 11.5 Å². The lowest BCUT2D eigenvalue weighted by Gasteiger charge is -2.12. The number of carbonyl (C=O) groups excluding carboxylic acids is 2. The van der Waals surface area contributed by atoms with Gasteiger partial charge in [0.1, 0.15) is 11.6 Å². The molecule has 0 aliphatic heterocycles. The number of rotatable bonds is 7. The van der Waals surface area contributed by atoms with Crippen molar-refractivity contribution in [1.29, 1.82) is 0 Å². The molecule has 228 valence electrons. The van der Waals surface area contributed by atoms with Crippen molar-refractivity contribution in [1.82, 2.24) is 29.1 Å². The van der Waals surface area contributed by atoms with Gasteiger partial charge in [0.2, 0.25) is 0 Å². The minimum Gasteiger partial charge on any atom is -0.381 e. The molecule has 2 N–H and O–H groups in total. The molecule has 0 fully saturated rings. The average Bonchev–Trinajstić information content (AvgIpc) is 3.64. The highest BCUT2D eigenvalue weighted by Crippen LogP contribution is 2.35. The molecule has 0 unspecified atom stereocenters. The van der Waals surface area contributed by atoms with Gasteiger partial charge in [-0.1, -0.05) is 30.3 Å². The van der Waals surface area contributed by atoms with Gasteiger partial charge >= 0.3 is 0 Å². The normalized spacial score (nSPS) is 11.2. The molecule has 2 amide bonds. The summed E-state index contributed by atoms with van der Waals surface area (Å²) in [6, 6.07) is 16.1. The minimum absolute atomic E-state index is 0.195. The summed E-state index contributed by atoms with van der Waals surface area (Å²) < 4.78 is 10.3. The summed E-state index contributed by atoms with van der Waals surface area (Å²) >= 11 is 0. The fraction of sp³-hybridized carbons (Fsp3) is 0.212. The van der Waals surface area contributed by atoms with Gasteiger partial charge in [0.25, 0.3) is 17.4 Å². The molecule has 0 saturated carbocycles. The van der Waals surface area contributed by atoms with Crippen LogP contribution in [0.2, 0.25) is 0 Å². The van der Waals surface area contributed by atoms with E-state index in [4.69, 9.17) is 9.51 Å². The highest BCUT2D eigenvalue weighted by atomic mass is 16.5. The number of hydrogen-bond acceptors (Lipinski definition) is 7. The minimum atomic E-state index is -0.423. The summed E-state index contributed by atoms with van der Waals surface area (Å²) in [5.41, 5.74) is 6.13. The zero-order chi connectivity index (χ0) is 32.0. The largest absolute Gasteiger partial charge is 0.381 e. The number of nitrogens with zero attached hydrogens (tertiary/aromatic N) is 6. The van der Waals surface area contributed by atoms with Crippen LogP contribution < -0.4 is 16.2 Å². The number of aromatic nitrogens is 6. The Morgan fingerprint density at radius 2 is 1.64 bits per heavy atom. The zero-order valence-electron chi connectivity index (χ0n) is 25.8. The molecule has 0 bridgehead atoms. The topological polar surface area (TPSA) is 142 Å². The molecule has 45 heavy (non-hydrogen) atoms. The lowest BCUT2D eigenvalue weighted by atomic mass is 10.0. The number of fused-ring (bicyclic) bond motifs is 1. The summed E-state index contributed by atoms with van der Waals surface area (Å²) in [6.07, 6.45) is 1.73. The van der Waals surface area contributed by atoms with Crippen LogP contribution in [0.15, 0.2) is 70.1 Å². The van der Waals surface area contributed by atoms with Gasteiger partial charge in [0, 0.05) is 49.7 Å². The summed E-state index contributed by atoms with van der Waals surface area (Å²) in [7, 11) is 3.35. The molecule has 6 rings (SSSR count). The van der Waals surface area contributed by atoms with Crippen molar-refractivity contribution >= 4 is 34.4 Å². The van der Waals surface area contributed by atoms with Crippen LogP contribution in [-0.4, -0.2) is 40.9 Å². The van der Waals surface area contributed by atoms with Crippen LogP contribution in [0, 0.1) is 20.8 Å². The predicted octanol–water partition coefficient (Wildman–Crippen LogP) is 5.24. The van der Waals surface area contributed by atoms with E-state index in [0.29, 0.717) is 51.8 Å². The van der Waals surface area contributed by atoms with Gasteiger partial charge in [-0.25, -0.2) is 9.97 Å². The molecule has 12 nitrogen and oxygen atoms in total. The van der Waals surface area contributed by atoms with Gasteiger partial charge in [-0.05, 0) is 57.0 Å². The molecule has 4 aromatic heterocycles. The van der Waals surface area contributed by atoms with E-state index in [-0.39, 0.29) is 17.2 Å². The molecule has 0 atom stereocenters. The van der Waals surface area contributed by atoms with Crippen molar-refractivity contribution in [3.05, 3.63) is 99.6 Å². The molecule has 0 aliphatic rings. The van der Waals surface area contributed by atoms with Gasteiger partial charge in [-0.2, -0.15) is 9.84 Å². The number of nitrogens with one attached hydrogen (secondary N) is 2. The third kappa shape index (κ3) is 5.30. The number of carbonyl (C=O) groups is 2. The standard InChI is InChI=1S/C33H32N8O4/c1-7-41-29(22-13-11-21(12-14-22)26-19(3)45-40(6)33(26)44)18(2)27-30(41)28(35-20(4)34-27)32(43)36-24-10-8-9-23(17-24)31(42)37-25-15-16-39(5)38-25/h8-17H,7H2,1-6H3,(H,36,43)(H,37,38,42). The number of anilines is 2. The van der Waals surface area contributed by atoms with E-state index in [9.17, 15) is 14.4 Å². The maximum Gasteiger partial charge on any atom is 0.290 e. The van der Waals surface area contributed by atoms with Crippen LogP contribution in [0.3, 0.4) is 0 Å². The van der Waals surface area contributed by atoms with Crippen LogP contribution in [0.5, 0.6) is 0 Å². The van der Waals surface area contributed by atoms with E-state index < -0.39 is 5.91 Å². The van der Waals surface area contributed by atoms with Crippen LogP contribution in [0.1, 0.15) is 44.9 Å². The Kier molecular flexibility index (Phi) is 7.41. The van der Waals surface area contributed by atoms with Crippen molar-refractivity contribution in [3.8, 4) is 22.4 Å². The Morgan fingerprint density at radius 1 is 0.911 bits per heavy atom. The van der Waals surface area contributed by atoms with E-state index in [1.807, 2.05) is 42.7 Å². The third-order valence-electron chi connectivity index (χ3n) is 7.69. The molecular formula is C33H32N8O4. The van der Waals surface area contributed by atoms with E-state index >= 15 is 0 Å². The Labute approximate surface area is 258 Å². The second kappa shape index (κ2) is 11.4. The molecule has 6 aromatic rings. The molecule has 12 heteroatoms. The third-order valence-corrected chi connectivity index (χ3v) is 7.69. The molecule has 0 saturated heterocycles. The first-order valence-electron chi connectivity index (χ1n) is 14.4. The van der Waals surface area contributed by atoms with Gasteiger partial charge in [-0.3, -0.25) is 19.1 Å². The lowest BCUT2D eigenvalue weighted by Crippen LogP contribution is -2.18. The fourth-order valence-corrected chi connectivity index (χ4v) is 5.68. The number of benzene rings is 2. The van der Waals surface area contributed by atoms with Crippen LogP contribution in [0.25, 0.3) is 33.4 Å². The predicted molar refractivity (Wildman–Crippen MR) is 171 cm³/mol. The van der Waals surface area contributed by atoms with Crippen molar-refractivity contribution in [2.75, 3.05) is 10.6 Å². The van der Waals surface area contributed by atoms with Crippen LogP contribution in [-0.2, 0) is 20.6 Å². The maximum absolute atomic E-state index is 13.8. The first-order valence-corrected chi connectivity index (χ1v) is 14.4. The maximum atomic E-state index is 13.8. The Bertz CT molecular complexity index is 2170. The second-order valence-corrected chi connectivity index (χ2v) is 10.8. The van der Waals surface area contributed by atoms with Crippen molar-refractivity contribution in [3.63, 3.8) is 0 Å². The zero-order valence-corrected chi connectivity index (χ0v) is 25.8. The molecule has 0 spiro atoms. The summed E-state index contributed by atoms with van der Waals surface area (Å²) in [4.78, 5) is 48.5. The van der Waals surface area contributed by atoms with Gasteiger partial charge in [0.05, 0.1) is 22.3 Å². The quantitative estimate of drug-likeness (QED) is 0.254. The van der Waals surface area contributed by atoms with E-state index in [0.717, 1.165) is 22.4 Å². The molecule has 4 heterocycles. The monoisotopic (exact) mass is 604 g/mol. The first kappa shape index (κ1) is 29.3. The second-order valence-electron chi connectivity index (χ2n) is 10.8. The van der Waals surface area contributed by atoms with Gasteiger partial charge in [0.15, 0.2) is 11.5 Å². The molecule has 0 aliphatic carbocycles. The summed E-state index contributed by atoms with van der Waals surface area (Å²) in [6.45, 7) is 8.05. The smallest absolute Gasteiger partial charge is 0.290 e. The molecule has 2 aromatic carbocycles. The average molecular weight is 605 g/mol. The van der Waals surface area contributed by atoms with E-state index in [1.165, 1.54) is 4.74 Å².